The normalized spacial score (nSPS) is 9.64. The third kappa shape index (κ3) is 1.49. The number of carbonyl (C=O) groups excluding carboxylic acids is 1. The van der Waals surface area contributed by atoms with Crippen LogP contribution < -0.4 is 5.73 Å². The molecule has 1 rings (SSSR count). The van der Waals surface area contributed by atoms with E-state index < -0.39 is 5.91 Å². The van der Waals surface area contributed by atoms with Gasteiger partial charge in [-0.05, 0) is 13.0 Å². The first-order valence-corrected chi connectivity index (χ1v) is 3.41. The lowest BCUT2D eigenvalue weighted by Crippen LogP contribution is -2.13. The van der Waals surface area contributed by atoms with Crippen molar-refractivity contribution < 1.29 is 4.79 Å². The maximum absolute atomic E-state index is 10.7. The van der Waals surface area contributed by atoms with Crippen molar-refractivity contribution in [3.05, 3.63) is 28.5 Å². The van der Waals surface area contributed by atoms with Crippen LogP contribution in [0, 0.1) is 6.92 Å². The van der Waals surface area contributed by atoms with Crippen LogP contribution >= 0.6 is 11.6 Å². The number of pyridine rings is 1. The van der Waals surface area contributed by atoms with Gasteiger partial charge in [0.25, 0.3) is 5.91 Å². The number of rotatable bonds is 1. The van der Waals surface area contributed by atoms with Crippen molar-refractivity contribution in [3.8, 4) is 0 Å². The number of aryl methyl sites for hydroxylation is 1. The Balaban J connectivity index is 3.32. The number of hydrogen-bond donors (Lipinski definition) is 1. The summed E-state index contributed by atoms with van der Waals surface area (Å²) < 4.78 is 0. The van der Waals surface area contributed by atoms with Crippen molar-refractivity contribution in [2.45, 2.75) is 6.92 Å². The van der Waals surface area contributed by atoms with Gasteiger partial charge in [0.1, 0.15) is 0 Å². The Kier molecular flexibility index (Phi) is 2.10. The van der Waals surface area contributed by atoms with Crippen molar-refractivity contribution >= 4 is 17.5 Å². The molecule has 2 N–H and O–H groups in total. The summed E-state index contributed by atoms with van der Waals surface area (Å²) in [7, 11) is 0. The average molecular weight is 171 g/mol. The third-order valence-electron chi connectivity index (χ3n) is 1.34. The number of aromatic nitrogens is 1. The predicted molar refractivity (Wildman–Crippen MR) is 42.5 cm³/mol. The summed E-state index contributed by atoms with van der Waals surface area (Å²) in [5.41, 5.74) is 5.91. The fourth-order valence-electron chi connectivity index (χ4n) is 0.831. The van der Waals surface area contributed by atoms with E-state index in [1.165, 1.54) is 12.3 Å². The summed E-state index contributed by atoms with van der Waals surface area (Å²) in [6.07, 6.45) is 1.53. The van der Waals surface area contributed by atoms with E-state index >= 15 is 0 Å². The molecule has 0 saturated carbocycles. The molecule has 1 aromatic heterocycles. The molecule has 4 heteroatoms. The van der Waals surface area contributed by atoms with Gasteiger partial charge in [-0.3, -0.25) is 9.78 Å². The lowest BCUT2D eigenvalue weighted by molar-refractivity contribution is 0.0999. The Morgan fingerprint density at radius 1 is 1.73 bits per heavy atom. The first kappa shape index (κ1) is 8.01. The Morgan fingerprint density at radius 3 is 2.73 bits per heavy atom. The van der Waals surface area contributed by atoms with E-state index in [9.17, 15) is 4.79 Å². The standard InChI is InChI=1S/C7H7ClN2O/c1-4-6(7(9)11)5(8)2-3-10-4/h2-3H,1H3,(H2,9,11). The lowest BCUT2D eigenvalue weighted by Gasteiger charge is -2.00. The van der Waals surface area contributed by atoms with Gasteiger partial charge in [0.2, 0.25) is 0 Å². The van der Waals surface area contributed by atoms with Crippen LogP contribution in [0.4, 0.5) is 0 Å². The van der Waals surface area contributed by atoms with Gasteiger partial charge in [0, 0.05) is 6.20 Å². The monoisotopic (exact) mass is 170 g/mol. The highest BCUT2D eigenvalue weighted by molar-refractivity contribution is 6.33. The molecular formula is C7H7ClN2O. The van der Waals surface area contributed by atoms with Crippen LogP contribution in [0.15, 0.2) is 12.3 Å². The summed E-state index contributed by atoms with van der Waals surface area (Å²) in [5, 5.41) is 0.352. The predicted octanol–water partition coefficient (Wildman–Crippen LogP) is 1.14. The van der Waals surface area contributed by atoms with Crippen LogP contribution in [-0.2, 0) is 0 Å². The molecule has 0 aromatic carbocycles. The van der Waals surface area contributed by atoms with Crippen LogP contribution in [0.2, 0.25) is 5.02 Å². The Morgan fingerprint density at radius 2 is 2.36 bits per heavy atom. The summed E-state index contributed by atoms with van der Waals surface area (Å²) in [4.78, 5) is 14.6. The van der Waals surface area contributed by atoms with E-state index in [-0.39, 0.29) is 0 Å². The van der Waals surface area contributed by atoms with Gasteiger partial charge >= 0.3 is 0 Å². The largest absolute Gasteiger partial charge is 0.365 e. The molecule has 3 nitrogen and oxygen atoms in total. The molecule has 0 unspecified atom stereocenters. The smallest absolute Gasteiger partial charge is 0.252 e. The lowest BCUT2D eigenvalue weighted by atomic mass is 10.2. The van der Waals surface area contributed by atoms with Gasteiger partial charge in [-0.15, -0.1) is 0 Å². The highest BCUT2D eigenvalue weighted by atomic mass is 35.5. The minimum Gasteiger partial charge on any atom is -0.365 e. The van der Waals surface area contributed by atoms with Crippen LogP contribution in [0.5, 0.6) is 0 Å². The first-order chi connectivity index (χ1) is 5.13. The minimum absolute atomic E-state index is 0.300. The molecule has 1 amide bonds. The van der Waals surface area contributed by atoms with Gasteiger partial charge in [0.15, 0.2) is 0 Å². The molecule has 0 atom stereocenters. The molecular weight excluding hydrogens is 164 g/mol. The molecule has 0 saturated heterocycles. The highest BCUT2D eigenvalue weighted by Crippen LogP contribution is 2.15. The number of primary amides is 1. The number of carbonyl (C=O) groups is 1. The minimum atomic E-state index is -0.541. The maximum Gasteiger partial charge on any atom is 0.252 e. The zero-order valence-corrected chi connectivity index (χ0v) is 6.72. The van der Waals surface area contributed by atoms with Gasteiger partial charge in [0.05, 0.1) is 16.3 Å². The number of hydrogen-bond acceptors (Lipinski definition) is 2. The molecule has 0 aliphatic heterocycles. The number of halogens is 1. The van der Waals surface area contributed by atoms with Crippen LogP contribution in [0.1, 0.15) is 16.1 Å². The Bertz CT molecular complexity index is 278. The van der Waals surface area contributed by atoms with E-state index in [0.29, 0.717) is 16.3 Å². The van der Waals surface area contributed by atoms with E-state index in [1.807, 2.05) is 0 Å². The zero-order chi connectivity index (χ0) is 8.43. The second kappa shape index (κ2) is 2.88. The average Bonchev–Trinajstić information content (AvgIpc) is 1.85. The van der Waals surface area contributed by atoms with Gasteiger partial charge in [-0.1, -0.05) is 11.6 Å². The van der Waals surface area contributed by atoms with E-state index in [1.54, 1.807) is 6.92 Å². The second-order valence-electron chi connectivity index (χ2n) is 2.12. The van der Waals surface area contributed by atoms with E-state index in [0.717, 1.165) is 0 Å². The zero-order valence-electron chi connectivity index (χ0n) is 5.97. The first-order valence-electron chi connectivity index (χ1n) is 3.04. The van der Waals surface area contributed by atoms with Crippen LogP contribution in [0.3, 0.4) is 0 Å². The topological polar surface area (TPSA) is 56.0 Å². The highest BCUT2D eigenvalue weighted by Gasteiger charge is 2.09. The molecule has 58 valence electrons. The number of nitrogens with two attached hydrogens (primary N) is 1. The maximum atomic E-state index is 10.7. The van der Waals surface area contributed by atoms with Gasteiger partial charge in [-0.25, -0.2) is 0 Å². The van der Waals surface area contributed by atoms with Crippen LogP contribution in [-0.4, -0.2) is 10.9 Å². The van der Waals surface area contributed by atoms with Crippen molar-refractivity contribution in [1.29, 1.82) is 0 Å². The van der Waals surface area contributed by atoms with Gasteiger partial charge in [-0.2, -0.15) is 0 Å². The fraction of sp³-hybridized carbons (Fsp3) is 0.143. The fourth-order valence-corrected chi connectivity index (χ4v) is 1.12. The van der Waals surface area contributed by atoms with Crippen molar-refractivity contribution in [2.24, 2.45) is 5.73 Å². The Hall–Kier alpha value is -1.09. The summed E-state index contributed by atoms with van der Waals surface area (Å²) in [6.45, 7) is 1.69. The number of nitrogens with zero attached hydrogens (tertiary/aromatic N) is 1. The summed E-state index contributed by atoms with van der Waals surface area (Å²) >= 11 is 5.68. The molecule has 1 heterocycles. The molecule has 0 bridgehead atoms. The SMILES string of the molecule is Cc1nccc(Cl)c1C(N)=O. The van der Waals surface area contributed by atoms with E-state index in [2.05, 4.69) is 4.98 Å². The molecule has 0 radical (unpaired) electrons. The molecule has 0 fully saturated rings. The van der Waals surface area contributed by atoms with E-state index in [4.69, 9.17) is 17.3 Å². The summed E-state index contributed by atoms with van der Waals surface area (Å²) in [6, 6.07) is 1.54. The molecule has 0 aliphatic rings. The van der Waals surface area contributed by atoms with Crippen molar-refractivity contribution in [3.63, 3.8) is 0 Å². The molecule has 0 spiro atoms. The van der Waals surface area contributed by atoms with Crippen molar-refractivity contribution in [2.75, 3.05) is 0 Å². The summed E-state index contributed by atoms with van der Waals surface area (Å²) in [5.74, 6) is -0.541. The Labute approximate surface area is 69.2 Å². The third-order valence-corrected chi connectivity index (χ3v) is 1.65. The quantitative estimate of drug-likeness (QED) is 0.687. The molecule has 0 aliphatic carbocycles. The number of amides is 1. The molecule has 11 heavy (non-hydrogen) atoms. The molecule has 1 aromatic rings. The van der Waals surface area contributed by atoms with Crippen molar-refractivity contribution in [1.82, 2.24) is 4.98 Å². The second-order valence-corrected chi connectivity index (χ2v) is 2.52. The van der Waals surface area contributed by atoms with Gasteiger partial charge < -0.3 is 5.73 Å². The van der Waals surface area contributed by atoms with Crippen LogP contribution in [0.25, 0.3) is 0 Å².